The highest BCUT2D eigenvalue weighted by atomic mass is 32.2. The minimum Gasteiger partial charge on any atom is -0.372 e. The summed E-state index contributed by atoms with van der Waals surface area (Å²) >= 11 is 3.14. The molecule has 4 aromatic rings. The van der Waals surface area contributed by atoms with E-state index in [0.717, 1.165) is 35.2 Å². The Balaban J connectivity index is 1.45. The van der Waals surface area contributed by atoms with Gasteiger partial charge in [-0.3, -0.25) is 0 Å². The van der Waals surface area contributed by atoms with E-state index in [9.17, 15) is 0 Å². The molecule has 0 bridgehead atoms. The van der Waals surface area contributed by atoms with Crippen molar-refractivity contribution in [1.29, 1.82) is 0 Å². The number of thioether (sulfide) groups is 1. The number of benzene rings is 1. The lowest BCUT2D eigenvalue weighted by Gasteiger charge is -2.21. The van der Waals surface area contributed by atoms with E-state index >= 15 is 0 Å². The number of hydrogen-bond donors (Lipinski definition) is 0. The van der Waals surface area contributed by atoms with Crippen LogP contribution in [-0.4, -0.2) is 38.0 Å². The Morgan fingerprint density at radius 2 is 1.86 bits per heavy atom. The minimum absolute atomic E-state index is 0.546. The van der Waals surface area contributed by atoms with Crippen LogP contribution in [0, 0.1) is 0 Å². The quantitative estimate of drug-likeness (QED) is 0.377. The van der Waals surface area contributed by atoms with Gasteiger partial charge in [0.05, 0.1) is 5.75 Å². The van der Waals surface area contributed by atoms with Gasteiger partial charge in [0.1, 0.15) is 0 Å². The average molecular weight is 427 g/mol. The van der Waals surface area contributed by atoms with Crippen LogP contribution < -0.4 is 4.90 Å². The molecule has 0 aliphatic rings. The summed E-state index contributed by atoms with van der Waals surface area (Å²) in [6.45, 7) is 6.31. The summed E-state index contributed by atoms with van der Waals surface area (Å²) in [5.41, 5.74) is 3.23. The third-order valence-electron chi connectivity index (χ3n) is 4.66. The van der Waals surface area contributed by atoms with Crippen LogP contribution in [0.5, 0.6) is 0 Å². The fourth-order valence-electron chi connectivity index (χ4n) is 3.05. The van der Waals surface area contributed by atoms with Crippen LogP contribution in [0.1, 0.15) is 19.7 Å². The largest absolute Gasteiger partial charge is 0.372 e. The smallest absolute Gasteiger partial charge is 0.237 e. The fourth-order valence-corrected chi connectivity index (χ4v) is 4.43. The number of hydrogen-bond acceptors (Lipinski definition) is 8. The van der Waals surface area contributed by atoms with Gasteiger partial charge in [-0.15, -0.1) is 10.2 Å². The Bertz CT molecular complexity index is 1050. The first-order chi connectivity index (χ1) is 14.2. The average Bonchev–Trinajstić information content (AvgIpc) is 3.49. The van der Waals surface area contributed by atoms with Gasteiger partial charge in [-0.25, -0.2) is 0 Å². The monoisotopic (exact) mass is 426 g/mol. The molecule has 3 aromatic heterocycles. The molecule has 3 heterocycles. The molecule has 7 nitrogen and oxygen atoms in total. The number of nitrogens with zero attached hydrogens (tertiary/aromatic N) is 6. The molecule has 1 aromatic carbocycles. The Labute approximate surface area is 177 Å². The highest BCUT2D eigenvalue weighted by Gasteiger charge is 2.14. The number of aromatic nitrogens is 5. The Morgan fingerprint density at radius 1 is 1.07 bits per heavy atom. The molecule has 0 atom stereocenters. The molecular weight excluding hydrogens is 404 g/mol. The maximum absolute atomic E-state index is 5.36. The predicted octanol–water partition coefficient (Wildman–Crippen LogP) is 4.73. The van der Waals surface area contributed by atoms with Gasteiger partial charge < -0.3 is 14.0 Å². The summed E-state index contributed by atoms with van der Waals surface area (Å²) in [6.07, 6.45) is 0. The van der Waals surface area contributed by atoms with Crippen molar-refractivity contribution in [2.45, 2.75) is 24.8 Å². The highest BCUT2D eigenvalue weighted by Crippen LogP contribution is 2.27. The van der Waals surface area contributed by atoms with E-state index in [1.54, 1.807) is 11.3 Å². The summed E-state index contributed by atoms with van der Waals surface area (Å²) in [7, 11) is 1.97. The zero-order valence-corrected chi connectivity index (χ0v) is 18.2. The summed E-state index contributed by atoms with van der Waals surface area (Å²) < 4.78 is 7.35. The Morgan fingerprint density at radius 3 is 2.55 bits per heavy atom. The molecule has 0 saturated heterocycles. The third-order valence-corrected chi connectivity index (χ3v) is 6.35. The maximum atomic E-state index is 5.36. The van der Waals surface area contributed by atoms with Crippen molar-refractivity contribution in [3.63, 3.8) is 0 Å². The first kappa shape index (κ1) is 19.7. The number of rotatable bonds is 8. The molecule has 9 heteroatoms. The fraction of sp³-hybridized carbons (Fsp3) is 0.300. The van der Waals surface area contributed by atoms with Crippen LogP contribution in [0.3, 0.4) is 0 Å². The normalized spacial score (nSPS) is 11.1. The number of anilines is 1. The first-order valence-corrected chi connectivity index (χ1v) is 11.3. The molecule has 29 heavy (non-hydrogen) atoms. The van der Waals surface area contributed by atoms with Crippen LogP contribution in [0.15, 0.2) is 50.8 Å². The van der Waals surface area contributed by atoms with Crippen molar-refractivity contribution < 1.29 is 4.52 Å². The molecule has 0 amide bonds. The summed E-state index contributed by atoms with van der Waals surface area (Å²) in [6, 6.07) is 10.4. The van der Waals surface area contributed by atoms with Crippen LogP contribution in [-0.2, 0) is 12.8 Å². The maximum Gasteiger partial charge on any atom is 0.237 e. The van der Waals surface area contributed by atoms with Gasteiger partial charge in [0.15, 0.2) is 11.0 Å². The molecule has 0 radical (unpaired) electrons. The lowest BCUT2D eigenvalue weighted by Crippen LogP contribution is -2.21. The summed E-state index contributed by atoms with van der Waals surface area (Å²) in [5, 5.41) is 17.6. The van der Waals surface area contributed by atoms with E-state index in [-0.39, 0.29) is 0 Å². The van der Waals surface area contributed by atoms with E-state index in [1.807, 2.05) is 28.4 Å². The van der Waals surface area contributed by atoms with Crippen LogP contribution in [0.2, 0.25) is 0 Å². The zero-order valence-electron chi connectivity index (χ0n) is 16.6. The number of thiophene rings is 1. The SMILES string of the molecule is CCN(CC)c1ccc(-c2nnc(SCc3nc(-c4ccsc4)no3)n2C)cc1. The third kappa shape index (κ3) is 4.20. The molecule has 0 unspecified atom stereocenters. The Hall–Kier alpha value is -2.65. The van der Waals surface area contributed by atoms with Gasteiger partial charge in [0.25, 0.3) is 0 Å². The molecule has 4 rings (SSSR count). The van der Waals surface area contributed by atoms with E-state index in [0.29, 0.717) is 17.5 Å². The van der Waals surface area contributed by atoms with Crippen LogP contribution in [0.4, 0.5) is 5.69 Å². The highest BCUT2D eigenvalue weighted by molar-refractivity contribution is 7.98. The topological polar surface area (TPSA) is 72.9 Å². The summed E-state index contributed by atoms with van der Waals surface area (Å²) in [4.78, 5) is 6.77. The van der Waals surface area contributed by atoms with Crippen molar-refractivity contribution in [2.75, 3.05) is 18.0 Å². The van der Waals surface area contributed by atoms with Gasteiger partial charge >= 0.3 is 0 Å². The standard InChI is InChI=1S/C20H22N6OS2/c1-4-26(5-2)16-8-6-14(7-9-16)19-22-23-20(25(19)3)29-13-17-21-18(24-27-17)15-10-11-28-12-15/h6-12H,4-5,13H2,1-3H3. The molecule has 0 N–H and O–H groups in total. The molecule has 0 fully saturated rings. The van der Waals surface area contributed by atoms with Gasteiger partial charge in [0, 0.05) is 42.3 Å². The van der Waals surface area contributed by atoms with E-state index < -0.39 is 0 Å². The second-order valence-electron chi connectivity index (χ2n) is 6.40. The van der Waals surface area contributed by atoms with Crippen molar-refractivity contribution in [3.8, 4) is 22.8 Å². The zero-order chi connectivity index (χ0) is 20.2. The van der Waals surface area contributed by atoms with Gasteiger partial charge in [-0.05, 0) is 49.6 Å². The molecular formula is C20H22N6OS2. The van der Waals surface area contributed by atoms with Crippen molar-refractivity contribution in [1.82, 2.24) is 24.9 Å². The van der Waals surface area contributed by atoms with E-state index in [2.05, 4.69) is 63.4 Å². The molecule has 150 valence electrons. The van der Waals surface area contributed by atoms with Gasteiger partial charge in [-0.1, -0.05) is 16.9 Å². The molecule has 0 aliphatic carbocycles. The minimum atomic E-state index is 0.546. The van der Waals surface area contributed by atoms with Crippen LogP contribution >= 0.6 is 23.1 Å². The molecule has 0 spiro atoms. The van der Waals surface area contributed by atoms with Crippen molar-refractivity contribution >= 4 is 28.8 Å². The summed E-state index contributed by atoms with van der Waals surface area (Å²) in [5.74, 6) is 2.57. The van der Waals surface area contributed by atoms with E-state index in [4.69, 9.17) is 4.52 Å². The van der Waals surface area contributed by atoms with Gasteiger partial charge in [-0.2, -0.15) is 16.3 Å². The second kappa shape index (κ2) is 8.79. The molecule has 0 aliphatic heterocycles. The van der Waals surface area contributed by atoms with Gasteiger partial charge in [0.2, 0.25) is 11.7 Å². The lowest BCUT2D eigenvalue weighted by atomic mass is 10.2. The predicted molar refractivity (Wildman–Crippen MR) is 117 cm³/mol. The first-order valence-electron chi connectivity index (χ1n) is 9.42. The van der Waals surface area contributed by atoms with Crippen molar-refractivity contribution in [2.24, 2.45) is 7.05 Å². The second-order valence-corrected chi connectivity index (χ2v) is 8.12. The Kier molecular flexibility index (Phi) is 5.96. The van der Waals surface area contributed by atoms with E-state index in [1.165, 1.54) is 17.4 Å². The molecule has 0 saturated carbocycles. The van der Waals surface area contributed by atoms with Crippen molar-refractivity contribution in [3.05, 3.63) is 47.0 Å². The van der Waals surface area contributed by atoms with Crippen LogP contribution in [0.25, 0.3) is 22.8 Å². The lowest BCUT2D eigenvalue weighted by molar-refractivity contribution is 0.391.